The second-order valence-electron chi connectivity index (χ2n) is 7.33. The number of morpholine rings is 1. The lowest BCUT2D eigenvalue weighted by molar-refractivity contribution is -0.132. The largest absolute Gasteiger partial charge is 0.433 e. The van der Waals surface area contributed by atoms with Crippen molar-refractivity contribution in [3.8, 4) is 5.75 Å². The zero-order valence-corrected chi connectivity index (χ0v) is 16.5. The third kappa shape index (κ3) is 5.42. The number of hydrogen-bond acceptors (Lipinski definition) is 6. The van der Waals surface area contributed by atoms with Crippen LogP contribution in [0.1, 0.15) is 12.8 Å². The molecule has 1 aliphatic carbocycles. The predicted octanol–water partition coefficient (Wildman–Crippen LogP) is 0.785. The standard InChI is InChI=1S/C19H24F2N4O5/c1-24(9-11-2-3-11)16(17(22)27)18(28)23-13-5-4-12(8-14(13)30-19(20)21)25-6-7-29-10-15(25)26/h4-5,8,11,16,19H,2-3,6-7,9-10H2,1H3,(H2,22,27)(H,23,28)/t16-/m0/s1. The molecule has 1 saturated carbocycles. The molecule has 164 valence electrons. The number of carbonyl (C=O) groups is 3. The molecular weight excluding hydrogens is 402 g/mol. The van der Waals surface area contributed by atoms with Gasteiger partial charge in [0, 0.05) is 24.8 Å². The topological polar surface area (TPSA) is 114 Å². The molecule has 2 aliphatic rings. The van der Waals surface area contributed by atoms with Crippen LogP contribution in [-0.2, 0) is 19.1 Å². The Kier molecular flexibility index (Phi) is 6.83. The molecule has 9 nitrogen and oxygen atoms in total. The Balaban J connectivity index is 1.81. The Morgan fingerprint density at radius 2 is 2.13 bits per heavy atom. The highest BCUT2D eigenvalue weighted by atomic mass is 19.3. The van der Waals surface area contributed by atoms with Crippen molar-refractivity contribution in [2.75, 3.05) is 43.6 Å². The van der Waals surface area contributed by atoms with Crippen LogP contribution in [0.5, 0.6) is 5.75 Å². The first-order valence-electron chi connectivity index (χ1n) is 9.53. The van der Waals surface area contributed by atoms with Gasteiger partial charge >= 0.3 is 6.61 Å². The molecule has 0 bridgehead atoms. The average molecular weight is 426 g/mol. The minimum atomic E-state index is -3.15. The molecule has 3 N–H and O–H groups in total. The van der Waals surface area contributed by atoms with Gasteiger partial charge in [-0.25, -0.2) is 0 Å². The SMILES string of the molecule is CN(CC1CC1)[C@@H](C(N)=O)C(=O)Nc1ccc(N2CCOCC2=O)cc1OC(F)F. The van der Waals surface area contributed by atoms with E-state index in [9.17, 15) is 23.2 Å². The quantitative estimate of drug-likeness (QED) is 0.565. The fourth-order valence-electron chi connectivity index (χ4n) is 3.33. The molecule has 0 radical (unpaired) electrons. The lowest BCUT2D eigenvalue weighted by Crippen LogP contribution is -2.51. The Labute approximate surface area is 172 Å². The van der Waals surface area contributed by atoms with E-state index in [1.807, 2.05) is 0 Å². The third-order valence-corrected chi connectivity index (χ3v) is 4.94. The van der Waals surface area contributed by atoms with Crippen molar-refractivity contribution < 1.29 is 32.6 Å². The number of carbonyl (C=O) groups excluding carboxylic acids is 3. The molecule has 0 spiro atoms. The van der Waals surface area contributed by atoms with Gasteiger partial charge in [0.1, 0.15) is 6.61 Å². The zero-order valence-electron chi connectivity index (χ0n) is 16.5. The van der Waals surface area contributed by atoms with Gasteiger partial charge in [-0.1, -0.05) is 0 Å². The highest BCUT2D eigenvalue weighted by Crippen LogP contribution is 2.33. The molecule has 3 amide bonds. The van der Waals surface area contributed by atoms with Crippen LogP contribution in [0.15, 0.2) is 18.2 Å². The van der Waals surface area contributed by atoms with E-state index in [4.69, 9.17) is 10.5 Å². The number of nitrogens with one attached hydrogen (secondary N) is 1. The van der Waals surface area contributed by atoms with Gasteiger partial charge in [-0.15, -0.1) is 0 Å². The maximum absolute atomic E-state index is 12.9. The third-order valence-electron chi connectivity index (χ3n) is 4.94. The number of benzene rings is 1. The molecule has 30 heavy (non-hydrogen) atoms. The van der Waals surface area contributed by atoms with Crippen molar-refractivity contribution in [3.63, 3.8) is 0 Å². The van der Waals surface area contributed by atoms with Crippen LogP contribution in [0.2, 0.25) is 0 Å². The highest BCUT2D eigenvalue weighted by molar-refractivity contribution is 6.10. The van der Waals surface area contributed by atoms with Crippen molar-refractivity contribution in [2.24, 2.45) is 11.7 Å². The Morgan fingerprint density at radius 3 is 2.73 bits per heavy atom. The predicted molar refractivity (Wildman–Crippen MR) is 103 cm³/mol. The molecule has 11 heteroatoms. The number of nitrogens with zero attached hydrogens (tertiary/aromatic N) is 2. The molecule has 1 aromatic carbocycles. The van der Waals surface area contributed by atoms with Crippen LogP contribution < -0.4 is 20.7 Å². The van der Waals surface area contributed by atoms with Gasteiger partial charge in [0.05, 0.1) is 12.3 Å². The van der Waals surface area contributed by atoms with E-state index in [1.54, 1.807) is 11.9 Å². The van der Waals surface area contributed by atoms with E-state index in [1.165, 1.54) is 23.1 Å². The number of ether oxygens (including phenoxy) is 2. The lowest BCUT2D eigenvalue weighted by atomic mass is 10.2. The van der Waals surface area contributed by atoms with Gasteiger partial charge in [0.25, 0.3) is 11.8 Å². The maximum Gasteiger partial charge on any atom is 0.387 e. The summed E-state index contributed by atoms with van der Waals surface area (Å²) in [6.07, 6.45) is 2.04. The summed E-state index contributed by atoms with van der Waals surface area (Å²) in [5.41, 5.74) is 5.66. The van der Waals surface area contributed by atoms with Gasteiger partial charge in [0.15, 0.2) is 11.8 Å². The summed E-state index contributed by atoms with van der Waals surface area (Å²) in [5.74, 6) is -1.84. The molecule has 1 aliphatic heterocycles. The molecule has 1 aromatic rings. The molecule has 3 rings (SSSR count). The van der Waals surface area contributed by atoms with Gasteiger partial charge < -0.3 is 25.4 Å². The number of halogens is 2. The highest BCUT2D eigenvalue weighted by Gasteiger charge is 2.33. The minimum absolute atomic E-state index is 0.0594. The number of rotatable bonds is 9. The lowest BCUT2D eigenvalue weighted by Gasteiger charge is -2.28. The second kappa shape index (κ2) is 9.35. The van der Waals surface area contributed by atoms with E-state index < -0.39 is 24.5 Å². The van der Waals surface area contributed by atoms with E-state index in [0.29, 0.717) is 24.8 Å². The first-order valence-corrected chi connectivity index (χ1v) is 9.53. The van der Waals surface area contributed by atoms with Gasteiger partial charge in [0.2, 0.25) is 5.91 Å². The summed E-state index contributed by atoms with van der Waals surface area (Å²) in [4.78, 5) is 39.5. The second-order valence-corrected chi connectivity index (χ2v) is 7.33. The van der Waals surface area contributed by atoms with Gasteiger partial charge in [-0.2, -0.15) is 8.78 Å². The first kappa shape index (κ1) is 21.9. The Bertz CT molecular complexity index is 818. The van der Waals surface area contributed by atoms with Crippen molar-refractivity contribution in [1.82, 2.24) is 4.90 Å². The van der Waals surface area contributed by atoms with Crippen molar-refractivity contribution >= 4 is 29.1 Å². The summed E-state index contributed by atoms with van der Waals surface area (Å²) in [6.45, 7) is -2.17. The normalized spacial score (nSPS) is 17.9. The Hall–Kier alpha value is -2.79. The number of alkyl halides is 2. The van der Waals surface area contributed by atoms with E-state index in [2.05, 4.69) is 10.1 Å². The molecule has 2 fully saturated rings. The molecule has 0 aromatic heterocycles. The van der Waals surface area contributed by atoms with E-state index in [-0.39, 0.29) is 30.5 Å². The summed E-state index contributed by atoms with van der Waals surface area (Å²) >= 11 is 0. The summed E-state index contributed by atoms with van der Waals surface area (Å²) < 4.78 is 35.5. The van der Waals surface area contributed by atoms with Crippen LogP contribution in [0.25, 0.3) is 0 Å². The molecular formula is C19H24F2N4O5. The van der Waals surface area contributed by atoms with E-state index >= 15 is 0 Å². The monoisotopic (exact) mass is 426 g/mol. The Morgan fingerprint density at radius 1 is 1.40 bits per heavy atom. The van der Waals surface area contributed by atoms with Gasteiger partial charge in [-0.3, -0.25) is 19.3 Å². The number of anilines is 2. The number of likely N-dealkylation sites (N-methyl/N-ethyl adjacent to an activating group) is 1. The maximum atomic E-state index is 12.9. The fraction of sp³-hybridized carbons (Fsp3) is 0.526. The fourth-order valence-corrected chi connectivity index (χ4v) is 3.33. The minimum Gasteiger partial charge on any atom is -0.433 e. The van der Waals surface area contributed by atoms with E-state index in [0.717, 1.165) is 12.8 Å². The van der Waals surface area contributed by atoms with Crippen molar-refractivity contribution in [3.05, 3.63) is 18.2 Å². The van der Waals surface area contributed by atoms with Crippen LogP contribution in [0.3, 0.4) is 0 Å². The summed E-state index contributed by atoms with van der Waals surface area (Å²) in [5, 5.41) is 2.45. The smallest absolute Gasteiger partial charge is 0.387 e. The van der Waals surface area contributed by atoms with Crippen LogP contribution in [0, 0.1) is 5.92 Å². The van der Waals surface area contributed by atoms with Crippen LogP contribution in [-0.4, -0.2) is 68.6 Å². The zero-order chi connectivity index (χ0) is 21.8. The molecule has 1 atom stereocenters. The van der Waals surface area contributed by atoms with Gasteiger partial charge in [-0.05, 0) is 37.9 Å². The number of primary amides is 1. The molecule has 1 saturated heterocycles. The van der Waals surface area contributed by atoms with Crippen LogP contribution >= 0.6 is 0 Å². The number of amides is 3. The summed E-state index contributed by atoms with van der Waals surface area (Å²) in [6, 6.07) is 2.81. The average Bonchev–Trinajstić information content (AvgIpc) is 3.47. The summed E-state index contributed by atoms with van der Waals surface area (Å²) in [7, 11) is 1.61. The van der Waals surface area contributed by atoms with Crippen molar-refractivity contribution in [2.45, 2.75) is 25.5 Å². The first-order chi connectivity index (χ1) is 14.3. The van der Waals surface area contributed by atoms with Crippen molar-refractivity contribution in [1.29, 1.82) is 0 Å². The molecule has 0 unspecified atom stereocenters. The van der Waals surface area contributed by atoms with Crippen LogP contribution in [0.4, 0.5) is 20.2 Å². The number of nitrogens with two attached hydrogens (primary N) is 1. The molecule has 1 heterocycles. The number of hydrogen-bond donors (Lipinski definition) is 2.